The van der Waals surface area contributed by atoms with E-state index in [2.05, 4.69) is 0 Å². The maximum Gasteiger partial charge on any atom is 0.218 e. The monoisotopic (exact) mass is 346 g/mol. The van der Waals surface area contributed by atoms with Crippen molar-refractivity contribution >= 4 is 22.4 Å². The van der Waals surface area contributed by atoms with Gasteiger partial charge in [-0.25, -0.2) is 12.7 Å². The first-order chi connectivity index (χ1) is 9.99. The molecule has 0 bridgehead atoms. The van der Waals surface area contributed by atoms with E-state index in [1.807, 2.05) is 18.2 Å². The number of sulfonamides is 1. The van der Waals surface area contributed by atoms with E-state index in [9.17, 15) is 8.42 Å². The fraction of sp³-hybridized carbons (Fsp3) is 0.600. The van der Waals surface area contributed by atoms with Crippen LogP contribution in [0.2, 0.25) is 0 Å². The maximum atomic E-state index is 12.6. The van der Waals surface area contributed by atoms with E-state index in [-0.39, 0.29) is 24.2 Å². The Bertz CT molecular complexity index is 623. The standard InChI is InChI=1S/C15H22N2O3S.ClH/c1-20-13-4-2-3-11(7-13)10-21(18,19)17-8-12-5-6-15(16)14(12)9-17;/h2-4,7,12,14-15H,5-6,8-10,16H2,1H3;1H. The highest BCUT2D eigenvalue weighted by atomic mass is 35.5. The SMILES string of the molecule is COc1cccc(CS(=O)(=O)N2CC3CCC(N)C3C2)c1.Cl. The number of methoxy groups -OCH3 is 1. The van der Waals surface area contributed by atoms with Gasteiger partial charge in [0.25, 0.3) is 0 Å². The van der Waals surface area contributed by atoms with Crippen LogP contribution in [0.1, 0.15) is 18.4 Å². The van der Waals surface area contributed by atoms with Crippen molar-refractivity contribution in [1.82, 2.24) is 4.31 Å². The third kappa shape index (κ3) is 3.40. The Morgan fingerprint density at radius 3 is 2.77 bits per heavy atom. The largest absolute Gasteiger partial charge is 0.497 e. The van der Waals surface area contributed by atoms with Gasteiger partial charge in [-0.3, -0.25) is 0 Å². The Hall–Kier alpha value is -0.820. The fourth-order valence-electron chi connectivity index (χ4n) is 3.56. The topological polar surface area (TPSA) is 72.6 Å². The lowest BCUT2D eigenvalue weighted by Gasteiger charge is -2.18. The van der Waals surface area contributed by atoms with Crippen LogP contribution in [0.5, 0.6) is 5.75 Å². The molecule has 0 spiro atoms. The molecule has 1 aromatic carbocycles. The van der Waals surface area contributed by atoms with Crippen LogP contribution in [0.25, 0.3) is 0 Å². The second-order valence-electron chi connectivity index (χ2n) is 6.09. The van der Waals surface area contributed by atoms with Crippen molar-refractivity contribution in [1.29, 1.82) is 0 Å². The van der Waals surface area contributed by atoms with Crippen LogP contribution < -0.4 is 10.5 Å². The number of hydrogen-bond acceptors (Lipinski definition) is 4. The molecule has 5 nitrogen and oxygen atoms in total. The van der Waals surface area contributed by atoms with E-state index in [1.54, 1.807) is 17.5 Å². The van der Waals surface area contributed by atoms with Gasteiger partial charge in [-0.2, -0.15) is 0 Å². The van der Waals surface area contributed by atoms with Crippen LogP contribution in [0.15, 0.2) is 24.3 Å². The average Bonchev–Trinajstić information content (AvgIpc) is 3.02. The molecule has 1 saturated heterocycles. The number of nitrogens with two attached hydrogens (primary N) is 1. The minimum absolute atomic E-state index is 0. The summed E-state index contributed by atoms with van der Waals surface area (Å²) in [4.78, 5) is 0. The molecule has 7 heteroatoms. The normalized spacial score (nSPS) is 28.2. The van der Waals surface area contributed by atoms with E-state index >= 15 is 0 Å². The maximum absolute atomic E-state index is 12.6. The van der Waals surface area contributed by atoms with Gasteiger partial charge in [0, 0.05) is 19.1 Å². The summed E-state index contributed by atoms with van der Waals surface area (Å²) < 4.78 is 31.9. The van der Waals surface area contributed by atoms with Crippen molar-refractivity contribution in [2.75, 3.05) is 20.2 Å². The molecule has 0 radical (unpaired) electrons. The summed E-state index contributed by atoms with van der Waals surface area (Å²) in [5.41, 5.74) is 6.84. The molecule has 1 aliphatic carbocycles. The van der Waals surface area contributed by atoms with Gasteiger partial charge in [-0.05, 0) is 42.4 Å². The highest BCUT2D eigenvalue weighted by Gasteiger charge is 2.44. The third-order valence-electron chi connectivity index (χ3n) is 4.76. The lowest BCUT2D eigenvalue weighted by Crippen LogP contribution is -2.34. The van der Waals surface area contributed by atoms with Gasteiger partial charge in [0.2, 0.25) is 10.0 Å². The Balaban J connectivity index is 0.00000176. The highest BCUT2D eigenvalue weighted by molar-refractivity contribution is 7.88. The molecular weight excluding hydrogens is 324 g/mol. The van der Waals surface area contributed by atoms with Crippen LogP contribution in [-0.4, -0.2) is 39.0 Å². The van der Waals surface area contributed by atoms with Gasteiger partial charge >= 0.3 is 0 Å². The van der Waals surface area contributed by atoms with Crippen molar-refractivity contribution in [3.63, 3.8) is 0 Å². The van der Waals surface area contributed by atoms with E-state index < -0.39 is 10.0 Å². The Morgan fingerprint density at radius 1 is 1.32 bits per heavy atom. The molecule has 1 aliphatic heterocycles. The number of hydrogen-bond donors (Lipinski definition) is 1. The van der Waals surface area contributed by atoms with Crippen molar-refractivity contribution in [3.8, 4) is 5.75 Å². The second-order valence-corrected chi connectivity index (χ2v) is 8.06. The zero-order valence-corrected chi connectivity index (χ0v) is 14.3. The van der Waals surface area contributed by atoms with Crippen molar-refractivity contribution in [2.24, 2.45) is 17.6 Å². The number of nitrogens with zero attached hydrogens (tertiary/aromatic N) is 1. The Labute approximate surface area is 138 Å². The lowest BCUT2D eigenvalue weighted by atomic mass is 9.98. The van der Waals surface area contributed by atoms with Gasteiger partial charge in [0.1, 0.15) is 5.75 Å². The summed E-state index contributed by atoms with van der Waals surface area (Å²) in [6, 6.07) is 7.39. The lowest BCUT2D eigenvalue weighted by molar-refractivity contribution is 0.414. The van der Waals surface area contributed by atoms with Gasteiger partial charge < -0.3 is 10.5 Å². The summed E-state index contributed by atoms with van der Waals surface area (Å²) >= 11 is 0. The predicted molar refractivity (Wildman–Crippen MR) is 88.6 cm³/mol. The molecule has 3 atom stereocenters. The molecule has 22 heavy (non-hydrogen) atoms. The summed E-state index contributed by atoms with van der Waals surface area (Å²) in [6.07, 6.45) is 2.08. The van der Waals surface area contributed by atoms with E-state index in [0.717, 1.165) is 18.4 Å². The number of halogens is 1. The van der Waals surface area contributed by atoms with Crippen molar-refractivity contribution in [2.45, 2.75) is 24.6 Å². The van der Waals surface area contributed by atoms with Crippen LogP contribution in [0, 0.1) is 11.8 Å². The first-order valence-electron chi connectivity index (χ1n) is 7.36. The zero-order valence-electron chi connectivity index (χ0n) is 12.6. The molecule has 0 amide bonds. The van der Waals surface area contributed by atoms with Crippen LogP contribution in [-0.2, 0) is 15.8 Å². The number of rotatable bonds is 4. The fourth-order valence-corrected chi connectivity index (χ4v) is 5.16. The molecule has 0 aromatic heterocycles. The van der Waals surface area contributed by atoms with E-state index in [4.69, 9.17) is 10.5 Å². The minimum atomic E-state index is -3.28. The van der Waals surface area contributed by atoms with Crippen LogP contribution in [0.4, 0.5) is 0 Å². The molecular formula is C15H23ClN2O3S. The third-order valence-corrected chi connectivity index (χ3v) is 6.54. The summed E-state index contributed by atoms with van der Waals surface area (Å²) in [5, 5.41) is 0. The first-order valence-corrected chi connectivity index (χ1v) is 8.97. The first kappa shape index (κ1) is 17.5. The summed E-state index contributed by atoms with van der Waals surface area (Å²) in [7, 11) is -1.70. The number of ether oxygens (including phenoxy) is 1. The molecule has 124 valence electrons. The number of fused-ring (bicyclic) bond motifs is 1. The molecule has 3 unspecified atom stereocenters. The number of benzene rings is 1. The summed E-state index contributed by atoms with van der Waals surface area (Å²) in [5.74, 6) is 1.49. The molecule has 1 heterocycles. The molecule has 2 N–H and O–H groups in total. The van der Waals surface area contributed by atoms with Crippen molar-refractivity contribution < 1.29 is 13.2 Å². The zero-order chi connectivity index (χ0) is 15.0. The molecule has 2 fully saturated rings. The molecule has 2 aliphatic rings. The Kier molecular flexibility index (Phi) is 5.37. The predicted octanol–water partition coefficient (Wildman–Crippen LogP) is 1.62. The molecule has 1 aromatic rings. The summed E-state index contributed by atoms with van der Waals surface area (Å²) in [6.45, 7) is 1.21. The average molecular weight is 347 g/mol. The quantitative estimate of drug-likeness (QED) is 0.899. The minimum Gasteiger partial charge on any atom is -0.497 e. The molecule has 3 rings (SSSR count). The Morgan fingerprint density at radius 2 is 2.09 bits per heavy atom. The van der Waals surface area contributed by atoms with Crippen molar-refractivity contribution in [3.05, 3.63) is 29.8 Å². The van der Waals surface area contributed by atoms with E-state index in [1.165, 1.54) is 0 Å². The van der Waals surface area contributed by atoms with Gasteiger partial charge in [-0.15, -0.1) is 12.4 Å². The van der Waals surface area contributed by atoms with E-state index in [0.29, 0.717) is 30.7 Å². The van der Waals surface area contributed by atoms with Crippen LogP contribution in [0.3, 0.4) is 0 Å². The van der Waals surface area contributed by atoms with Gasteiger partial charge in [0.15, 0.2) is 0 Å². The second kappa shape index (κ2) is 6.74. The van der Waals surface area contributed by atoms with Gasteiger partial charge in [0.05, 0.1) is 12.9 Å². The smallest absolute Gasteiger partial charge is 0.218 e. The molecule has 1 saturated carbocycles. The van der Waals surface area contributed by atoms with Crippen LogP contribution >= 0.6 is 12.4 Å². The highest BCUT2D eigenvalue weighted by Crippen LogP contribution is 2.38. The van der Waals surface area contributed by atoms with Gasteiger partial charge in [-0.1, -0.05) is 12.1 Å².